The highest BCUT2D eigenvalue weighted by molar-refractivity contribution is 6.03. The van der Waals surface area contributed by atoms with Crippen LogP contribution >= 0.6 is 0 Å². The number of hydrogen-bond donors (Lipinski definition) is 10. The fourth-order valence-corrected chi connectivity index (χ4v) is 5.76. The second-order valence-electron chi connectivity index (χ2n) is 11.8. The van der Waals surface area contributed by atoms with Crippen molar-refractivity contribution in [3.63, 3.8) is 0 Å². The van der Waals surface area contributed by atoms with E-state index < -0.39 is 112 Å². The van der Waals surface area contributed by atoms with Crippen molar-refractivity contribution in [1.82, 2.24) is 0 Å². The van der Waals surface area contributed by atoms with E-state index in [1.807, 2.05) is 0 Å². The molecule has 0 heterocycles. The van der Waals surface area contributed by atoms with Gasteiger partial charge in [0.1, 0.15) is 0 Å². The van der Waals surface area contributed by atoms with Gasteiger partial charge in [0.25, 0.3) is 0 Å². The molecule has 0 aliphatic heterocycles. The van der Waals surface area contributed by atoms with Crippen LogP contribution in [0, 0.1) is 5.92 Å². The summed E-state index contributed by atoms with van der Waals surface area (Å²) in [5, 5.41) is 100. The Balaban J connectivity index is 1.61. The minimum absolute atomic E-state index is 0.00618. The van der Waals surface area contributed by atoms with Crippen molar-refractivity contribution >= 4 is 30.0 Å². The molecule has 1 unspecified atom stereocenters. The number of carboxylic acid groups (broad SMARTS) is 2. The smallest absolute Gasteiger partial charge is 0.345 e. The van der Waals surface area contributed by atoms with Gasteiger partial charge < -0.3 is 60.5 Å². The van der Waals surface area contributed by atoms with Crippen molar-refractivity contribution in [2.45, 2.75) is 31.0 Å². The molecule has 0 saturated heterocycles. The van der Waals surface area contributed by atoms with Crippen molar-refractivity contribution in [2.24, 2.45) is 5.92 Å². The van der Waals surface area contributed by atoms with E-state index in [1.54, 1.807) is 0 Å². The number of carbonyl (C=O) groups is 4. The van der Waals surface area contributed by atoms with E-state index in [4.69, 9.17) is 9.47 Å². The highest BCUT2D eigenvalue weighted by atomic mass is 16.6. The molecule has 0 bridgehead atoms. The number of rotatable bonds is 11. The third-order valence-corrected chi connectivity index (χ3v) is 8.32. The first kappa shape index (κ1) is 36.2. The van der Waals surface area contributed by atoms with Gasteiger partial charge in [0, 0.05) is 18.8 Å². The maximum atomic E-state index is 14.2. The highest BCUT2D eigenvalue weighted by Crippen LogP contribution is 2.48. The summed E-state index contributed by atoms with van der Waals surface area (Å²) in [7, 11) is 0. The number of fused-ring (bicyclic) bond motifs is 1. The van der Waals surface area contributed by atoms with Gasteiger partial charge >= 0.3 is 23.9 Å². The Labute approximate surface area is 292 Å². The van der Waals surface area contributed by atoms with Crippen LogP contribution in [0.3, 0.4) is 0 Å². The summed E-state index contributed by atoms with van der Waals surface area (Å²) in [5.74, 6) is -14.2. The Bertz CT molecular complexity index is 2120. The lowest BCUT2D eigenvalue weighted by Gasteiger charge is -2.33. The van der Waals surface area contributed by atoms with Crippen LogP contribution in [-0.2, 0) is 41.5 Å². The number of aliphatic carboxylic acids is 2. The van der Waals surface area contributed by atoms with Gasteiger partial charge in [-0.25, -0.2) is 14.4 Å². The number of carbonyl (C=O) groups excluding carboxylic acids is 2. The van der Waals surface area contributed by atoms with Crippen molar-refractivity contribution in [3.05, 3.63) is 100 Å². The zero-order valence-electron chi connectivity index (χ0n) is 26.6. The lowest BCUT2D eigenvalue weighted by atomic mass is 9.71. The Morgan fingerprint density at radius 3 is 1.52 bits per heavy atom. The number of esters is 2. The monoisotopic (exact) mass is 718 g/mol. The van der Waals surface area contributed by atoms with Crippen LogP contribution in [0.2, 0.25) is 0 Å². The molecule has 5 rings (SSSR count). The van der Waals surface area contributed by atoms with Crippen molar-refractivity contribution in [1.29, 1.82) is 0 Å². The summed E-state index contributed by atoms with van der Waals surface area (Å²) in [5.41, 5.74) is -0.309. The first-order valence-electron chi connectivity index (χ1n) is 15.2. The minimum Gasteiger partial charge on any atom is -0.504 e. The van der Waals surface area contributed by atoms with Gasteiger partial charge in [0.05, 0.1) is 11.5 Å². The van der Waals surface area contributed by atoms with Crippen LogP contribution < -0.4 is 0 Å². The van der Waals surface area contributed by atoms with E-state index in [1.165, 1.54) is 18.2 Å². The van der Waals surface area contributed by atoms with Gasteiger partial charge in [-0.1, -0.05) is 18.2 Å². The SMILES string of the molecule is O=C(OC(Cc1ccc(O)c(O)c1)C(=O)O)C1=Cc2cc(O)c(O)cc2[C@H](c2ccc(O)c(O)c2)[C@H]1C(=O)O[C@H](Cc1ccc(O)c(O)c1)C(=O)O. The predicted molar refractivity (Wildman–Crippen MR) is 175 cm³/mol. The van der Waals surface area contributed by atoms with Gasteiger partial charge in [0.2, 0.25) is 12.2 Å². The Hall–Kier alpha value is -7.10. The molecule has 1 aliphatic carbocycles. The minimum atomic E-state index is -1.97. The molecule has 0 saturated carbocycles. The average Bonchev–Trinajstić information content (AvgIpc) is 3.08. The molecular weight excluding hydrogens is 688 g/mol. The van der Waals surface area contributed by atoms with E-state index >= 15 is 0 Å². The summed E-state index contributed by atoms with van der Waals surface area (Å²) in [6, 6.07) is 12.1. The third-order valence-electron chi connectivity index (χ3n) is 8.32. The molecule has 0 amide bonds. The van der Waals surface area contributed by atoms with Gasteiger partial charge in [-0.2, -0.15) is 0 Å². The molecule has 0 aromatic heterocycles. The van der Waals surface area contributed by atoms with E-state index in [-0.39, 0.29) is 27.8 Å². The first-order valence-corrected chi connectivity index (χ1v) is 15.2. The maximum absolute atomic E-state index is 14.2. The van der Waals surface area contributed by atoms with Crippen molar-refractivity contribution < 1.29 is 79.7 Å². The van der Waals surface area contributed by atoms with Crippen LogP contribution in [0.1, 0.15) is 33.7 Å². The molecule has 10 N–H and O–H groups in total. The number of phenols is 8. The van der Waals surface area contributed by atoms with Crippen LogP contribution in [0.15, 0.2) is 72.3 Å². The second kappa shape index (κ2) is 14.4. The fourth-order valence-electron chi connectivity index (χ4n) is 5.76. The summed E-state index contributed by atoms with van der Waals surface area (Å²) in [6.45, 7) is 0. The summed E-state index contributed by atoms with van der Waals surface area (Å²) < 4.78 is 10.8. The van der Waals surface area contributed by atoms with E-state index in [2.05, 4.69) is 0 Å². The molecule has 52 heavy (non-hydrogen) atoms. The van der Waals surface area contributed by atoms with Crippen LogP contribution in [-0.4, -0.2) is 87.2 Å². The summed E-state index contributed by atoms with van der Waals surface area (Å²) in [6.07, 6.45) is -3.95. The Morgan fingerprint density at radius 2 is 1.02 bits per heavy atom. The zero-order valence-corrected chi connectivity index (χ0v) is 26.6. The van der Waals surface area contributed by atoms with Gasteiger partial charge in [-0.3, -0.25) is 4.79 Å². The summed E-state index contributed by atoms with van der Waals surface area (Å²) in [4.78, 5) is 52.7. The fraction of sp³-hybridized carbons (Fsp3) is 0.167. The number of ether oxygens (including phenoxy) is 2. The molecule has 4 aromatic rings. The molecule has 0 radical (unpaired) electrons. The van der Waals surface area contributed by atoms with E-state index in [0.29, 0.717) is 0 Å². The number of phenolic OH excluding ortho intramolecular Hbond substituents is 8. The molecule has 4 atom stereocenters. The maximum Gasteiger partial charge on any atom is 0.345 e. The molecule has 0 spiro atoms. The quantitative estimate of drug-likeness (QED) is 0.0788. The molecule has 16 nitrogen and oxygen atoms in total. The van der Waals surface area contributed by atoms with Gasteiger partial charge in [0.15, 0.2) is 46.0 Å². The Kier molecular flexibility index (Phi) is 10.0. The molecule has 0 fully saturated rings. The first-order chi connectivity index (χ1) is 24.5. The number of aromatic hydroxyl groups is 8. The van der Waals surface area contributed by atoms with Crippen molar-refractivity contribution in [2.75, 3.05) is 0 Å². The largest absolute Gasteiger partial charge is 0.504 e. The van der Waals surface area contributed by atoms with E-state index in [9.17, 15) is 70.2 Å². The zero-order chi connectivity index (χ0) is 38.0. The Morgan fingerprint density at radius 1 is 0.558 bits per heavy atom. The number of carboxylic acids is 2. The van der Waals surface area contributed by atoms with Crippen LogP contribution in [0.5, 0.6) is 46.0 Å². The second-order valence-corrected chi connectivity index (χ2v) is 11.8. The molecule has 1 aliphatic rings. The normalized spacial score (nSPS) is 16.1. The average molecular weight is 719 g/mol. The molecule has 4 aromatic carbocycles. The van der Waals surface area contributed by atoms with E-state index in [0.717, 1.165) is 54.6 Å². The lowest BCUT2D eigenvalue weighted by Crippen LogP contribution is -2.39. The van der Waals surface area contributed by atoms with Crippen molar-refractivity contribution in [3.8, 4) is 46.0 Å². The third kappa shape index (κ3) is 7.55. The van der Waals surface area contributed by atoms with Crippen LogP contribution in [0.25, 0.3) is 6.08 Å². The lowest BCUT2D eigenvalue weighted by molar-refractivity contribution is -0.168. The summed E-state index contributed by atoms with van der Waals surface area (Å²) >= 11 is 0. The predicted octanol–water partition coefficient (Wildman–Crippen LogP) is 2.95. The topological polar surface area (TPSA) is 289 Å². The molecule has 16 heteroatoms. The standard InChI is InChI=1S/C36H30O16/c37-21-4-1-15(7-24(21)40)9-29(33(45)46)51-35(49)20-11-18-13-27(43)28(44)14-19(18)31(17-3-6-23(39)26(42)12-17)32(20)36(50)52-30(34(47)48)10-16-2-5-22(38)25(41)8-16/h1-8,11-14,29-32,37-44H,9-10H2,(H,45,46)(H,47,48)/t29?,30-,31+,32+/m1/s1. The number of hydrogen-bond acceptors (Lipinski definition) is 14. The highest BCUT2D eigenvalue weighted by Gasteiger charge is 2.45. The molecular formula is C36H30O16. The van der Waals surface area contributed by atoms with Gasteiger partial charge in [-0.05, 0) is 82.4 Å². The number of benzene rings is 4. The molecule has 270 valence electrons. The van der Waals surface area contributed by atoms with Crippen LogP contribution in [0.4, 0.5) is 0 Å². The van der Waals surface area contributed by atoms with Gasteiger partial charge in [-0.15, -0.1) is 0 Å².